The van der Waals surface area contributed by atoms with Crippen LogP contribution in [0.5, 0.6) is 0 Å². The van der Waals surface area contributed by atoms with Crippen LogP contribution in [0.3, 0.4) is 0 Å². The number of carbonyl (C=O) groups excluding carboxylic acids is 1. The maximum Gasteiger partial charge on any atom is 0.335 e. The van der Waals surface area contributed by atoms with Crippen molar-refractivity contribution < 1.29 is 14.7 Å². The second-order valence-electron chi connectivity index (χ2n) is 5.04. The van der Waals surface area contributed by atoms with Crippen molar-refractivity contribution in [1.29, 1.82) is 0 Å². The van der Waals surface area contributed by atoms with E-state index in [0.717, 1.165) is 16.8 Å². The van der Waals surface area contributed by atoms with E-state index in [2.05, 4.69) is 5.32 Å². The number of carboxylic acids is 1. The van der Waals surface area contributed by atoms with Crippen LogP contribution in [-0.2, 0) is 0 Å². The Morgan fingerprint density at radius 1 is 1.00 bits per heavy atom. The minimum atomic E-state index is -0.959. The third-order valence-electron chi connectivity index (χ3n) is 3.28. The summed E-state index contributed by atoms with van der Waals surface area (Å²) >= 11 is 0. The molecule has 0 atom stereocenters. The van der Waals surface area contributed by atoms with Crippen molar-refractivity contribution in [2.24, 2.45) is 0 Å². The third kappa shape index (κ3) is 3.82. The van der Waals surface area contributed by atoms with E-state index in [0.29, 0.717) is 5.56 Å². The summed E-state index contributed by atoms with van der Waals surface area (Å²) in [5.74, 6) is -1.05. The highest BCUT2D eigenvalue weighted by Gasteiger charge is 2.05. The zero-order chi connectivity index (χ0) is 16.1. The number of carbonyl (C=O) groups is 2. The molecule has 0 aromatic heterocycles. The average molecular weight is 295 g/mol. The number of aromatic carboxylic acids is 1. The minimum Gasteiger partial charge on any atom is -0.478 e. The first-order valence-electron chi connectivity index (χ1n) is 6.85. The molecule has 2 aromatic carbocycles. The maximum atomic E-state index is 12.0. The largest absolute Gasteiger partial charge is 0.478 e. The highest BCUT2D eigenvalue weighted by molar-refractivity contribution is 6.04. The zero-order valence-corrected chi connectivity index (χ0v) is 12.5. The fourth-order valence-corrected chi connectivity index (χ4v) is 1.98. The van der Waals surface area contributed by atoms with Gasteiger partial charge in [-0.2, -0.15) is 0 Å². The average Bonchev–Trinajstić information content (AvgIpc) is 2.49. The normalized spacial score (nSPS) is 10.6. The highest BCUT2D eigenvalue weighted by atomic mass is 16.4. The molecule has 0 saturated heterocycles. The first-order valence-corrected chi connectivity index (χ1v) is 6.85. The Morgan fingerprint density at radius 3 is 2.23 bits per heavy atom. The maximum absolute atomic E-state index is 12.0. The van der Waals surface area contributed by atoms with Crippen molar-refractivity contribution in [3.8, 4) is 0 Å². The Balaban J connectivity index is 2.04. The van der Waals surface area contributed by atoms with E-state index < -0.39 is 5.97 Å². The van der Waals surface area contributed by atoms with Gasteiger partial charge in [-0.1, -0.05) is 29.8 Å². The molecule has 4 heteroatoms. The quantitative estimate of drug-likeness (QED) is 0.650. The summed E-state index contributed by atoms with van der Waals surface area (Å²) in [5.41, 5.74) is 3.53. The lowest BCUT2D eigenvalue weighted by atomic mass is 10.1. The molecule has 0 amide bonds. The minimum absolute atomic E-state index is 0.0905. The van der Waals surface area contributed by atoms with Crippen molar-refractivity contribution >= 4 is 17.4 Å². The molecule has 22 heavy (non-hydrogen) atoms. The summed E-state index contributed by atoms with van der Waals surface area (Å²) in [7, 11) is 0. The molecule has 2 N–H and O–H groups in total. The van der Waals surface area contributed by atoms with Crippen LogP contribution in [0, 0.1) is 13.8 Å². The van der Waals surface area contributed by atoms with Gasteiger partial charge in [0.1, 0.15) is 0 Å². The van der Waals surface area contributed by atoms with Gasteiger partial charge in [0.05, 0.1) is 5.56 Å². The Bertz CT molecular complexity index is 730. The molecule has 4 nitrogen and oxygen atoms in total. The van der Waals surface area contributed by atoms with Gasteiger partial charge in [0.25, 0.3) is 0 Å². The van der Waals surface area contributed by atoms with Gasteiger partial charge < -0.3 is 10.4 Å². The van der Waals surface area contributed by atoms with Crippen LogP contribution in [-0.4, -0.2) is 16.9 Å². The fraction of sp³-hybridized carbons (Fsp3) is 0.111. The van der Waals surface area contributed by atoms with Gasteiger partial charge in [-0.3, -0.25) is 4.79 Å². The molecule has 2 rings (SSSR count). The van der Waals surface area contributed by atoms with Gasteiger partial charge in [-0.15, -0.1) is 0 Å². The van der Waals surface area contributed by atoms with Gasteiger partial charge in [-0.25, -0.2) is 4.79 Å². The topological polar surface area (TPSA) is 66.4 Å². The lowest BCUT2D eigenvalue weighted by Gasteiger charge is -2.06. The third-order valence-corrected chi connectivity index (χ3v) is 3.28. The molecule has 0 aliphatic carbocycles. The molecule has 0 radical (unpaired) electrons. The lowest BCUT2D eigenvalue weighted by Crippen LogP contribution is -2.00. The predicted octanol–water partition coefficient (Wildman–Crippen LogP) is 3.81. The molecule has 0 heterocycles. The van der Waals surface area contributed by atoms with Crippen LogP contribution >= 0.6 is 0 Å². The number of nitrogens with one attached hydrogen (secondary N) is 1. The molecular weight excluding hydrogens is 278 g/mol. The van der Waals surface area contributed by atoms with Crippen molar-refractivity contribution in [1.82, 2.24) is 0 Å². The Hall–Kier alpha value is -2.88. The molecular formula is C18H17NO3. The Kier molecular flexibility index (Phi) is 4.73. The van der Waals surface area contributed by atoms with Gasteiger partial charge in [0.15, 0.2) is 5.78 Å². The number of allylic oxidation sites excluding steroid dienone is 1. The molecule has 0 unspecified atom stereocenters. The van der Waals surface area contributed by atoms with E-state index in [1.165, 1.54) is 12.1 Å². The van der Waals surface area contributed by atoms with Crippen LogP contribution in [0.2, 0.25) is 0 Å². The predicted molar refractivity (Wildman–Crippen MR) is 86.4 cm³/mol. The van der Waals surface area contributed by atoms with E-state index in [-0.39, 0.29) is 11.3 Å². The van der Waals surface area contributed by atoms with Crippen molar-refractivity contribution in [2.75, 3.05) is 5.32 Å². The zero-order valence-electron chi connectivity index (χ0n) is 12.5. The van der Waals surface area contributed by atoms with Gasteiger partial charge in [0.2, 0.25) is 0 Å². The van der Waals surface area contributed by atoms with Crippen molar-refractivity contribution in [2.45, 2.75) is 13.8 Å². The molecule has 2 aromatic rings. The smallest absolute Gasteiger partial charge is 0.335 e. The summed E-state index contributed by atoms with van der Waals surface area (Å²) in [6.45, 7) is 3.78. The van der Waals surface area contributed by atoms with Gasteiger partial charge in [-0.05, 0) is 37.6 Å². The number of hydrogen-bond acceptors (Lipinski definition) is 3. The first kappa shape index (κ1) is 15.5. The van der Waals surface area contributed by atoms with E-state index >= 15 is 0 Å². The van der Waals surface area contributed by atoms with E-state index in [1.54, 1.807) is 30.5 Å². The Morgan fingerprint density at radius 2 is 1.64 bits per heavy atom. The number of hydrogen-bond donors (Lipinski definition) is 2. The molecule has 0 fully saturated rings. The summed E-state index contributed by atoms with van der Waals surface area (Å²) in [6, 6.07) is 12.1. The first-order chi connectivity index (χ1) is 10.5. The van der Waals surface area contributed by atoms with Crippen LogP contribution in [0.25, 0.3) is 0 Å². The monoisotopic (exact) mass is 295 g/mol. The standard InChI is InChI=1S/C18H17NO3/c1-12-3-5-14(6-4-12)17(20)9-10-19-16-8-7-15(18(21)22)11-13(16)2/h3-11,19H,1-2H3,(H,21,22)/b10-9+. The number of benzene rings is 2. The number of rotatable bonds is 5. The van der Waals surface area contributed by atoms with Crippen LogP contribution in [0.4, 0.5) is 5.69 Å². The second kappa shape index (κ2) is 6.72. The fourth-order valence-electron chi connectivity index (χ4n) is 1.98. The molecule has 0 saturated carbocycles. The van der Waals surface area contributed by atoms with E-state index in [1.807, 2.05) is 26.0 Å². The van der Waals surface area contributed by atoms with Gasteiger partial charge in [0, 0.05) is 23.5 Å². The van der Waals surface area contributed by atoms with Crippen molar-refractivity contribution in [3.63, 3.8) is 0 Å². The molecule has 0 spiro atoms. The Labute approximate surface area is 129 Å². The molecule has 112 valence electrons. The molecule has 0 bridgehead atoms. The lowest BCUT2D eigenvalue weighted by molar-refractivity contribution is 0.0696. The number of carboxylic acid groups (broad SMARTS) is 1. The highest BCUT2D eigenvalue weighted by Crippen LogP contribution is 2.16. The summed E-state index contributed by atoms with van der Waals surface area (Å²) < 4.78 is 0. The second-order valence-corrected chi connectivity index (χ2v) is 5.04. The van der Waals surface area contributed by atoms with Crippen LogP contribution < -0.4 is 5.32 Å². The van der Waals surface area contributed by atoms with Gasteiger partial charge >= 0.3 is 5.97 Å². The van der Waals surface area contributed by atoms with E-state index in [4.69, 9.17) is 5.11 Å². The van der Waals surface area contributed by atoms with Crippen LogP contribution in [0.1, 0.15) is 31.8 Å². The summed E-state index contributed by atoms with van der Waals surface area (Å²) in [4.78, 5) is 22.8. The SMILES string of the molecule is Cc1ccc(C(=O)/C=C/Nc2ccc(C(=O)O)cc2C)cc1. The van der Waals surface area contributed by atoms with E-state index in [9.17, 15) is 9.59 Å². The number of aryl methyl sites for hydroxylation is 2. The van der Waals surface area contributed by atoms with Crippen molar-refractivity contribution in [3.05, 3.63) is 77.0 Å². The van der Waals surface area contributed by atoms with Crippen LogP contribution in [0.15, 0.2) is 54.7 Å². The summed E-state index contributed by atoms with van der Waals surface area (Å²) in [6.07, 6.45) is 3.01. The molecule has 0 aliphatic rings. The number of ketones is 1. The number of anilines is 1. The summed E-state index contributed by atoms with van der Waals surface area (Å²) in [5, 5.41) is 11.9. The molecule has 0 aliphatic heterocycles.